The molecule has 0 amide bonds. The van der Waals surface area contributed by atoms with Crippen molar-refractivity contribution in [3.05, 3.63) is 35.9 Å². The maximum absolute atomic E-state index is 10.7. The van der Waals surface area contributed by atoms with Gasteiger partial charge in [0, 0.05) is 16.9 Å². The van der Waals surface area contributed by atoms with Crippen molar-refractivity contribution in [3.8, 4) is 0 Å². The molecule has 0 aliphatic carbocycles. The Morgan fingerprint density at radius 2 is 1.56 bits per heavy atom. The van der Waals surface area contributed by atoms with Gasteiger partial charge in [-0.2, -0.15) is 0 Å². The standard InChI is InChI=1S/C8H9N2O.F6P/c1-3-11-10-6-4-8(9-2)5-7-10;1-7(2,3,4,5)6/h4-7H,3H2,1H3;/q+1;-1. The van der Waals surface area contributed by atoms with E-state index >= 15 is 0 Å². The summed E-state index contributed by atoms with van der Waals surface area (Å²) < 4.78 is 60.8. The SMILES string of the molecule is F[P-](F)(F)(F)(F)F.[C-]#[N+]c1cc[n+](OCC)cc1. The molecule has 0 N–H and O–H groups in total. The summed E-state index contributed by atoms with van der Waals surface area (Å²) in [5.74, 6) is 0. The van der Waals surface area contributed by atoms with Crippen LogP contribution in [0.1, 0.15) is 6.92 Å². The van der Waals surface area contributed by atoms with Crippen molar-refractivity contribution in [3.63, 3.8) is 0 Å². The molecule has 10 heteroatoms. The third-order valence-corrected chi connectivity index (χ3v) is 1.19. The van der Waals surface area contributed by atoms with E-state index in [2.05, 4.69) is 4.85 Å². The average Bonchev–Trinajstić information content (AvgIpc) is 2.15. The van der Waals surface area contributed by atoms with Gasteiger partial charge >= 0.3 is 33.0 Å². The molecule has 0 fully saturated rings. The van der Waals surface area contributed by atoms with Gasteiger partial charge in [-0.1, -0.05) is 0 Å². The van der Waals surface area contributed by atoms with E-state index in [1.807, 2.05) is 6.92 Å². The van der Waals surface area contributed by atoms with Gasteiger partial charge in [-0.3, -0.25) is 4.84 Å². The number of halogens is 6. The second-order valence-electron chi connectivity index (χ2n) is 2.90. The van der Waals surface area contributed by atoms with Crippen LogP contribution in [0.4, 0.5) is 30.9 Å². The van der Waals surface area contributed by atoms with Crippen LogP contribution in [-0.4, -0.2) is 6.61 Å². The van der Waals surface area contributed by atoms with Crippen LogP contribution in [0.3, 0.4) is 0 Å². The van der Waals surface area contributed by atoms with Gasteiger partial charge in [0.15, 0.2) is 12.3 Å². The molecule has 1 heterocycles. The van der Waals surface area contributed by atoms with Crippen LogP contribution in [0.5, 0.6) is 0 Å². The monoisotopic (exact) mass is 294 g/mol. The van der Waals surface area contributed by atoms with Gasteiger partial charge in [-0.15, -0.1) is 0 Å². The Kier molecular flexibility index (Phi) is 4.21. The Bertz CT molecular complexity index is 423. The predicted octanol–water partition coefficient (Wildman–Crippen LogP) is 4.36. The van der Waals surface area contributed by atoms with Crippen molar-refractivity contribution >= 4 is 13.5 Å². The van der Waals surface area contributed by atoms with Gasteiger partial charge in [0.2, 0.25) is 12.4 Å². The molecule has 0 aliphatic heterocycles. The molecular weight excluding hydrogens is 285 g/mol. The minimum atomic E-state index is -10.7. The van der Waals surface area contributed by atoms with Gasteiger partial charge in [0.25, 0.3) is 0 Å². The Morgan fingerprint density at radius 1 is 1.17 bits per heavy atom. The number of pyridine rings is 1. The Labute approximate surface area is 98.6 Å². The maximum atomic E-state index is 9.87. The van der Waals surface area contributed by atoms with Crippen LogP contribution in [0.2, 0.25) is 0 Å². The van der Waals surface area contributed by atoms with Crippen LogP contribution in [0.25, 0.3) is 4.85 Å². The number of aromatic nitrogens is 1. The molecule has 0 bridgehead atoms. The zero-order valence-electron chi connectivity index (χ0n) is 9.03. The molecule has 18 heavy (non-hydrogen) atoms. The fourth-order valence-electron chi connectivity index (χ4n) is 0.715. The second-order valence-corrected chi connectivity index (χ2v) is 4.82. The van der Waals surface area contributed by atoms with E-state index in [1.54, 1.807) is 29.3 Å². The maximum Gasteiger partial charge on any atom is 0.212 e. The second kappa shape index (κ2) is 4.61. The van der Waals surface area contributed by atoms with Crippen molar-refractivity contribution in [2.75, 3.05) is 6.61 Å². The molecule has 0 unspecified atom stereocenters. The molecule has 1 rings (SSSR count). The Balaban J connectivity index is 0.000000360. The van der Waals surface area contributed by atoms with Crippen LogP contribution in [0.15, 0.2) is 24.5 Å². The van der Waals surface area contributed by atoms with E-state index in [0.717, 1.165) is 0 Å². The molecule has 0 aromatic carbocycles. The summed E-state index contributed by atoms with van der Waals surface area (Å²) in [4.78, 5) is 8.37. The molecule has 0 saturated heterocycles. The third-order valence-electron chi connectivity index (χ3n) is 1.19. The third kappa shape index (κ3) is 14.5. The molecule has 0 atom stereocenters. The van der Waals surface area contributed by atoms with E-state index in [1.165, 1.54) is 0 Å². The molecule has 0 radical (unpaired) electrons. The number of rotatable bonds is 2. The minimum absolute atomic E-state index is 0.626. The largest absolute Gasteiger partial charge is 0.272 e. The summed E-state index contributed by atoms with van der Waals surface area (Å²) in [6, 6.07) is 3.42. The molecule has 104 valence electrons. The first kappa shape index (κ1) is 16.4. The fourth-order valence-corrected chi connectivity index (χ4v) is 0.715. The normalized spacial score (nSPS) is 14.3. The number of nitrogens with zero attached hydrogens (tertiary/aromatic N) is 2. The average molecular weight is 294 g/mol. The summed E-state index contributed by atoms with van der Waals surface area (Å²) in [7, 11) is -10.7. The molecule has 1 aromatic rings. The summed E-state index contributed by atoms with van der Waals surface area (Å²) >= 11 is 0. The predicted molar refractivity (Wildman–Crippen MR) is 53.6 cm³/mol. The van der Waals surface area contributed by atoms with E-state index < -0.39 is 7.81 Å². The quantitative estimate of drug-likeness (QED) is 0.343. The fraction of sp³-hybridized carbons (Fsp3) is 0.250. The summed E-state index contributed by atoms with van der Waals surface area (Å²) in [6.45, 7) is 9.23. The van der Waals surface area contributed by atoms with Gasteiger partial charge in [-0.05, 0) is 6.92 Å². The first-order valence-electron chi connectivity index (χ1n) is 4.40. The van der Waals surface area contributed by atoms with Crippen molar-refractivity contribution < 1.29 is 34.7 Å². The van der Waals surface area contributed by atoms with Gasteiger partial charge in [-0.25, -0.2) is 4.85 Å². The van der Waals surface area contributed by atoms with Crippen LogP contribution in [-0.2, 0) is 0 Å². The number of hydrogen-bond acceptors (Lipinski definition) is 1. The van der Waals surface area contributed by atoms with Crippen molar-refractivity contribution in [2.45, 2.75) is 6.92 Å². The molecule has 3 nitrogen and oxygen atoms in total. The zero-order chi connectivity index (χ0) is 14.5. The van der Waals surface area contributed by atoms with Crippen LogP contribution in [0, 0.1) is 6.57 Å². The van der Waals surface area contributed by atoms with Crippen molar-refractivity contribution in [1.29, 1.82) is 0 Å². The topological polar surface area (TPSA) is 17.5 Å². The summed E-state index contributed by atoms with van der Waals surface area (Å²) in [5.41, 5.74) is 0.626. The van der Waals surface area contributed by atoms with E-state index in [9.17, 15) is 25.2 Å². The first-order valence-corrected chi connectivity index (χ1v) is 6.43. The molecular formula is C8H9F6N2OP. The van der Waals surface area contributed by atoms with Gasteiger partial charge < -0.3 is 0 Å². The van der Waals surface area contributed by atoms with E-state index in [4.69, 9.17) is 11.4 Å². The van der Waals surface area contributed by atoms with Crippen LogP contribution >= 0.6 is 7.81 Å². The van der Waals surface area contributed by atoms with Crippen molar-refractivity contribution in [2.24, 2.45) is 0 Å². The smallest absolute Gasteiger partial charge is 0.212 e. The zero-order valence-corrected chi connectivity index (χ0v) is 9.93. The summed E-state index contributed by atoms with van der Waals surface area (Å²) in [5, 5.41) is 0. The van der Waals surface area contributed by atoms with Crippen molar-refractivity contribution in [1.82, 2.24) is 0 Å². The minimum Gasteiger partial charge on any atom is -0.272 e. The summed E-state index contributed by atoms with van der Waals surface area (Å²) in [6.07, 6.45) is 3.44. The van der Waals surface area contributed by atoms with Gasteiger partial charge in [0.05, 0.1) is 6.57 Å². The number of hydrogen-bond donors (Lipinski definition) is 0. The van der Waals surface area contributed by atoms with E-state index in [-0.39, 0.29) is 0 Å². The molecule has 0 saturated carbocycles. The molecule has 1 aromatic heterocycles. The van der Waals surface area contributed by atoms with Gasteiger partial charge in [0.1, 0.15) is 0 Å². The Hall–Kier alpha value is -1.55. The Morgan fingerprint density at radius 3 is 1.83 bits per heavy atom. The molecule has 0 spiro atoms. The van der Waals surface area contributed by atoms with Crippen LogP contribution < -0.4 is 9.57 Å². The first-order chi connectivity index (χ1) is 7.81. The molecule has 0 aliphatic rings. The van der Waals surface area contributed by atoms with E-state index in [0.29, 0.717) is 12.3 Å².